The van der Waals surface area contributed by atoms with E-state index in [2.05, 4.69) is 37.2 Å². The number of carbonyl (C=O) groups excluding carboxylic acids is 7. The van der Waals surface area contributed by atoms with Crippen LogP contribution in [0.15, 0.2) is 30.3 Å². The molecule has 0 saturated heterocycles. The third-order valence-electron chi connectivity index (χ3n) is 7.98. The molecule has 0 unspecified atom stereocenters. The van der Waals surface area contributed by atoms with Gasteiger partial charge < -0.3 is 46.7 Å². The Balaban J connectivity index is 2.84. The van der Waals surface area contributed by atoms with Gasteiger partial charge in [0.15, 0.2) is 0 Å². The minimum Gasteiger partial charge on any atom is -0.467 e. The zero-order chi connectivity index (χ0) is 41.2. The van der Waals surface area contributed by atoms with Crippen LogP contribution in [0.3, 0.4) is 0 Å². The highest BCUT2D eigenvalue weighted by Gasteiger charge is 2.42. The first-order valence-electron chi connectivity index (χ1n) is 17.0. The topological polar surface area (TPSA) is 222 Å². The second-order valence-corrected chi connectivity index (χ2v) is 16.1. The summed E-state index contributed by atoms with van der Waals surface area (Å²) in [7, 11) is 1.24. The van der Waals surface area contributed by atoms with E-state index in [1.54, 1.807) is 52.0 Å². The largest absolute Gasteiger partial charge is 0.467 e. The molecule has 1 atom stereocenters. The molecule has 1 aromatic rings. The monoisotopic (exact) mass is 763 g/mol. The molecule has 17 heteroatoms. The number of rotatable bonds is 17. The van der Waals surface area contributed by atoms with Gasteiger partial charge >= 0.3 is 12.1 Å². The molecular formula is C36H57N7O9S. The van der Waals surface area contributed by atoms with Crippen molar-refractivity contribution in [3.8, 4) is 0 Å². The first kappa shape index (κ1) is 46.2. The average Bonchev–Trinajstić information content (AvgIpc) is 3.03. The molecule has 0 aliphatic rings. The SMILES string of the molecule is COC(=O)C(C)(C)NC(=S)CNC(=O)C(C)(C)NC(=O)C(C)(C)NC(=O)C(C)(C)NC(=O)C(C)(C)NC(=O)[C@@H](NC(=O)OCc1ccccc1)C(C)C. The van der Waals surface area contributed by atoms with Crippen molar-refractivity contribution >= 4 is 58.8 Å². The summed E-state index contributed by atoms with van der Waals surface area (Å²) in [6, 6.07) is 7.97. The standard InChI is InChI=1S/C36H57N7O9S/c1-21(2)24(38-31(50)52-20-22-17-15-14-16-18-22)25(44)40-33(5,6)27(46)42-35(9,10)29(48)43-34(7,8)28(47)41-32(3,4)26(45)37-19-23(53)39-36(11,12)30(49)51-13/h14-18,21,24H,19-20H2,1-13H3,(H,37,45)(H,38,50)(H,39,53)(H,40,44)(H,41,47)(H,42,46)(H,43,48)/t24-/m0/s1. The Hall–Kier alpha value is -4.80. The van der Waals surface area contributed by atoms with E-state index in [4.69, 9.17) is 21.7 Å². The van der Waals surface area contributed by atoms with Crippen molar-refractivity contribution in [2.24, 2.45) is 5.92 Å². The van der Waals surface area contributed by atoms with Crippen molar-refractivity contribution < 1.29 is 43.0 Å². The summed E-state index contributed by atoms with van der Waals surface area (Å²) < 4.78 is 9.98. The summed E-state index contributed by atoms with van der Waals surface area (Å²) in [5.41, 5.74) is -6.51. The molecule has 296 valence electrons. The maximum absolute atomic E-state index is 13.4. The van der Waals surface area contributed by atoms with Crippen LogP contribution in [0.4, 0.5) is 4.79 Å². The lowest BCUT2D eigenvalue weighted by atomic mass is 9.95. The molecule has 0 heterocycles. The van der Waals surface area contributed by atoms with E-state index < -0.39 is 75.3 Å². The summed E-state index contributed by atoms with van der Waals surface area (Å²) in [5, 5.41) is 18.4. The number of hydrogen-bond acceptors (Lipinski definition) is 10. The molecule has 0 radical (unpaired) electrons. The first-order chi connectivity index (χ1) is 24.1. The molecule has 0 fully saturated rings. The fraction of sp³-hybridized carbons (Fsp3) is 0.611. The fourth-order valence-corrected chi connectivity index (χ4v) is 4.77. The van der Waals surface area contributed by atoms with Crippen molar-refractivity contribution in [1.29, 1.82) is 0 Å². The highest BCUT2D eigenvalue weighted by molar-refractivity contribution is 7.80. The van der Waals surface area contributed by atoms with Crippen molar-refractivity contribution in [2.45, 2.75) is 123 Å². The van der Waals surface area contributed by atoms with Crippen molar-refractivity contribution in [3.05, 3.63) is 35.9 Å². The minimum atomic E-state index is -1.58. The molecule has 0 aliphatic carbocycles. The van der Waals surface area contributed by atoms with E-state index in [0.717, 1.165) is 5.56 Å². The number of thiocarbonyl (C=S) groups is 1. The summed E-state index contributed by atoms with van der Waals surface area (Å²) in [6.07, 6.45) is -0.809. The number of hydrogen-bond donors (Lipinski definition) is 7. The Kier molecular flexibility index (Phi) is 16.0. The highest BCUT2D eigenvalue weighted by atomic mass is 32.1. The van der Waals surface area contributed by atoms with Gasteiger partial charge in [0.05, 0.1) is 18.6 Å². The lowest BCUT2D eigenvalue weighted by molar-refractivity contribution is -0.146. The zero-order valence-electron chi connectivity index (χ0n) is 33.0. The van der Waals surface area contributed by atoms with Crippen LogP contribution in [0.25, 0.3) is 0 Å². The zero-order valence-corrected chi connectivity index (χ0v) is 33.9. The van der Waals surface area contributed by atoms with Gasteiger partial charge in [-0.3, -0.25) is 24.0 Å². The summed E-state index contributed by atoms with van der Waals surface area (Å²) >= 11 is 5.23. The predicted molar refractivity (Wildman–Crippen MR) is 202 cm³/mol. The Morgan fingerprint density at radius 1 is 0.642 bits per heavy atom. The Bertz CT molecular complexity index is 1540. The van der Waals surface area contributed by atoms with Crippen LogP contribution in [-0.4, -0.2) is 94.0 Å². The number of amides is 6. The van der Waals surface area contributed by atoms with Gasteiger partial charge in [-0.2, -0.15) is 0 Å². The predicted octanol–water partition coefficient (Wildman–Crippen LogP) is 1.50. The quantitative estimate of drug-likeness (QED) is 0.0890. The van der Waals surface area contributed by atoms with E-state index in [1.807, 2.05) is 6.07 Å². The summed E-state index contributed by atoms with van der Waals surface area (Å²) in [6.45, 7) is 17.9. The van der Waals surface area contributed by atoms with Gasteiger partial charge in [0.2, 0.25) is 29.5 Å². The van der Waals surface area contributed by atoms with Crippen LogP contribution >= 0.6 is 12.2 Å². The Labute approximate surface area is 317 Å². The molecular weight excluding hydrogens is 707 g/mol. The van der Waals surface area contributed by atoms with Crippen molar-refractivity contribution in [3.63, 3.8) is 0 Å². The molecule has 0 aliphatic heterocycles. The van der Waals surface area contributed by atoms with Crippen LogP contribution in [0.1, 0.15) is 88.6 Å². The molecule has 0 spiro atoms. The van der Waals surface area contributed by atoms with Crippen LogP contribution in [0.2, 0.25) is 0 Å². The smallest absolute Gasteiger partial charge is 0.408 e. The van der Waals surface area contributed by atoms with Gasteiger partial charge in [-0.05, 0) is 80.7 Å². The van der Waals surface area contributed by atoms with E-state index in [1.165, 1.54) is 62.5 Å². The molecule has 6 amide bonds. The van der Waals surface area contributed by atoms with Crippen LogP contribution in [0.5, 0.6) is 0 Å². The molecule has 1 aromatic carbocycles. The van der Waals surface area contributed by atoms with Crippen LogP contribution in [-0.2, 0) is 44.8 Å². The van der Waals surface area contributed by atoms with Crippen molar-refractivity contribution in [1.82, 2.24) is 37.2 Å². The molecule has 0 bridgehead atoms. The maximum atomic E-state index is 13.4. The van der Waals surface area contributed by atoms with Gasteiger partial charge in [0, 0.05) is 0 Å². The number of carbonyl (C=O) groups is 7. The summed E-state index contributed by atoms with van der Waals surface area (Å²) in [4.78, 5) is 91.0. The third kappa shape index (κ3) is 14.3. The van der Waals surface area contributed by atoms with E-state index in [0.29, 0.717) is 0 Å². The highest BCUT2D eigenvalue weighted by Crippen LogP contribution is 2.15. The molecule has 53 heavy (non-hydrogen) atoms. The van der Waals surface area contributed by atoms with Gasteiger partial charge in [0.1, 0.15) is 40.3 Å². The minimum absolute atomic E-state index is 0.00231. The fourth-order valence-electron chi connectivity index (χ4n) is 4.44. The lowest BCUT2D eigenvalue weighted by Gasteiger charge is -2.36. The second-order valence-electron chi connectivity index (χ2n) is 15.6. The van der Waals surface area contributed by atoms with Gasteiger partial charge in [-0.25, -0.2) is 9.59 Å². The Morgan fingerprint density at radius 2 is 1.08 bits per heavy atom. The van der Waals surface area contributed by atoms with Gasteiger partial charge in [-0.15, -0.1) is 0 Å². The number of ether oxygens (including phenoxy) is 2. The lowest BCUT2D eigenvalue weighted by Crippen LogP contribution is -2.68. The second kappa shape index (κ2) is 18.3. The van der Waals surface area contributed by atoms with Crippen molar-refractivity contribution in [2.75, 3.05) is 13.7 Å². The molecule has 16 nitrogen and oxygen atoms in total. The molecule has 0 aromatic heterocycles. The van der Waals surface area contributed by atoms with Gasteiger partial charge in [-0.1, -0.05) is 56.4 Å². The first-order valence-corrected chi connectivity index (χ1v) is 17.4. The molecule has 1 rings (SSSR count). The third-order valence-corrected chi connectivity index (χ3v) is 8.22. The number of alkyl carbamates (subject to hydrolysis) is 1. The summed E-state index contributed by atoms with van der Waals surface area (Å²) in [5.74, 6) is -4.32. The number of esters is 1. The van der Waals surface area contributed by atoms with Crippen LogP contribution < -0.4 is 37.2 Å². The van der Waals surface area contributed by atoms with E-state index >= 15 is 0 Å². The number of benzene rings is 1. The van der Waals surface area contributed by atoms with E-state index in [9.17, 15) is 33.6 Å². The maximum Gasteiger partial charge on any atom is 0.408 e. The number of nitrogens with one attached hydrogen (secondary N) is 7. The molecule has 7 N–H and O–H groups in total. The normalized spacial score (nSPS) is 12.7. The van der Waals surface area contributed by atoms with E-state index in [-0.39, 0.29) is 24.1 Å². The van der Waals surface area contributed by atoms with Gasteiger partial charge in [0.25, 0.3) is 0 Å². The number of methoxy groups -OCH3 is 1. The average molecular weight is 764 g/mol. The van der Waals surface area contributed by atoms with Crippen LogP contribution in [0, 0.1) is 5.92 Å². The Morgan fingerprint density at radius 3 is 1.51 bits per heavy atom. The molecule has 0 saturated carbocycles.